The maximum absolute atomic E-state index is 5.06. The van der Waals surface area contributed by atoms with Crippen LogP contribution in [0.1, 0.15) is 39.5 Å². The fraction of sp³-hybridized carbons (Fsp3) is 1.00. The van der Waals surface area contributed by atoms with Crippen molar-refractivity contribution in [1.29, 1.82) is 0 Å². The molecule has 1 unspecified atom stereocenters. The molecule has 0 radical (unpaired) electrons. The number of ether oxygens (including phenoxy) is 1. The zero-order chi connectivity index (χ0) is 12.5. The van der Waals surface area contributed by atoms with Crippen molar-refractivity contribution in [3.05, 3.63) is 0 Å². The van der Waals surface area contributed by atoms with Crippen LogP contribution in [0.3, 0.4) is 0 Å². The van der Waals surface area contributed by atoms with Crippen molar-refractivity contribution in [2.75, 3.05) is 39.9 Å². The molecule has 0 spiro atoms. The molecule has 0 aliphatic carbocycles. The van der Waals surface area contributed by atoms with Crippen molar-refractivity contribution in [2.24, 2.45) is 5.92 Å². The fourth-order valence-electron chi connectivity index (χ4n) is 2.64. The van der Waals surface area contributed by atoms with Crippen molar-refractivity contribution in [3.63, 3.8) is 0 Å². The second-order valence-corrected chi connectivity index (χ2v) is 5.21. The van der Waals surface area contributed by atoms with E-state index in [-0.39, 0.29) is 0 Å². The Morgan fingerprint density at radius 1 is 1.29 bits per heavy atom. The maximum atomic E-state index is 5.06. The quantitative estimate of drug-likeness (QED) is 0.660. The van der Waals surface area contributed by atoms with Gasteiger partial charge in [0.05, 0.1) is 0 Å². The number of piperidine rings is 1. The molecule has 3 heteroatoms. The van der Waals surface area contributed by atoms with E-state index in [2.05, 4.69) is 24.1 Å². The Morgan fingerprint density at radius 2 is 2.00 bits per heavy atom. The highest BCUT2D eigenvalue weighted by Crippen LogP contribution is 2.20. The lowest BCUT2D eigenvalue weighted by Crippen LogP contribution is -2.42. The lowest BCUT2D eigenvalue weighted by atomic mass is 9.90. The lowest BCUT2D eigenvalue weighted by Gasteiger charge is -2.34. The zero-order valence-corrected chi connectivity index (χ0v) is 11.9. The molecular weight excluding hydrogens is 212 g/mol. The van der Waals surface area contributed by atoms with E-state index in [1.54, 1.807) is 7.11 Å². The summed E-state index contributed by atoms with van der Waals surface area (Å²) in [4.78, 5) is 2.56. The normalized spacial score (nSPS) is 20.6. The number of rotatable bonds is 8. The van der Waals surface area contributed by atoms with Crippen molar-refractivity contribution in [1.82, 2.24) is 10.2 Å². The lowest BCUT2D eigenvalue weighted by molar-refractivity contribution is 0.167. The summed E-state index contributed by atoms with van der Waals surface area (Å²) in [5.74, 6) is 0.875. The largest absolute Gasteiger partial charge is 0.385 e. The third-order valence-electron chi connectivity index (χ3n) is 4.03. The second-order valence-electron chi connectivity index (χ2n) is 5.21. The van der Waals surface area contributed by atoms with Crippen molar-refractivity contribution >= 4 is 0 Å². The molecule has 1 fully saturated rings. The summed E-state index contributed by atoms with van der Waals surface area (Å²) >= 11 is 0. The highest BCUT2D eigenvalue weighted by Gasteiger charge is 2.22. The van der Waals surface area contributed by atoms with Gasteiger partial charge >= 0.3 is 0 Å². The Kier molecular flexibility index (Phi) is 7.82. The standard InChI is InChI=1S/C14H30N2O/c1-4-16-10-7-14(8-11-16)13(2)15-9-5-6-12-17-3/h13-15H,4-12H2,1-3H3. The fourth-order valence-corrected chi connectivity index (χ4v) is 2.64. The average molecular weight is 242 g/mol. The van der Waals surface area contributed by atoms with Crippen LogP contribution in [0.4, 0.5) is 0 Å². The summed E-state index contributed by atoms with van der Waals surface area (Å²) in [6.45, 7) is 10.4. The first-order valence-electron chi connectivity index (χ1n) is 7.22. The van der Waals surface area contributed by atoms with Gasteiger partial charge in [-0.1, -0.05) is 6.92 Å². The van der Waals surface area contributed by atoms with Crippen LogP contribution < -0.4 is 5.32 Å². The van der Waals surface area contributed by atoms with Gasteiger partial charge in [-0.3, -0.25) is 0 Å². The minimum Gasteiger partial charge on any atom is -0.385 e. The SMILES string of the molecule is CCN1CCC(C(C)NCCCCOC)CC1. The summed E-state index contributed by atoms with van der Waals surface area (Å²) in [5, 5.41) is 3.67. The Balaban J connectivity index is 2.05. The van der Waals surface area contributed by atoms with Gasteiger partial charge in [0.1, 0.15) is 0 Å². The van der Waals surface area contributed by atoms with Gasteiger partial charge in [-0.25, -0.2) is 0 Å². The first-order chi connectivity index (χ1) is 8.27. The molecular formula is C14H30N2O. The highest BCUT2D eigenvalue weighted by atomic mass is 16.5. The zero-order valence-electron chi connectivity index (χ0n) is 11.9. The van der Waals surface area contributed by atoms with Gasteiger partial charge in [0.2, 0.25) is 0 Å². The van der Waals surface area contributed by atoms with Gasteiger partial charge < -0.3 is 15.0 Å². The summed E-state index contributed by atoms with van der Waals surface area (Å²) in [6, 6.07) is 0.677. The minimum atomic E-state index is 0.677. The maximum Gasteiger partial charge on any atom is 0.0462 e. The number of hydrogen-bond acceptors (Lipinski definition) is 3. The molecule has 1 aliphatic rings. The van der Waals surface area contributed by atoms with Crippen LogP contribution in [0, 0.1) is 5.92 Å². The molecule has 0 saturated carbocycles. The number of nitrogens with one attached hydrogen (secondary N) is 1. The van der Waals surface area contributed by atoms with Gasteiger partial charge in [0.25, 0.3) is 0 Å². The molecule has 0 aromatic rings. The molecule has 1 aliphatic heterocycles. The van der Waals surface area contributed by atoms with Gasteiger partial charge in [0, 0.05) is 19.8 Å². The van der Waals surface area contributed by atoms with E-state index >= 15 is 0 Å². The molecule has 102 valence electrons. The Morgan fingerprint density at radius 3 is 2.59 bits per heavy atom. The van der Waals surface area contributed by atoms with Crippen molar-refractivity contribution in [3.8, 4) is 0 Å². The molecule has 0 aromatic carbocycles. The van der Waals surface area contributed by atoms with Crippen molar-refractivity contribution in [2.45, 2.75) is 45.6 Å². The minimum absolute atomic E-state index is 0.677. The third kappa shape index (κ3) is 5.84. The van der Waals surface area contributed by atoms with Crippen LogP contribution in [-0.2, 0) is 4.74 Å². The topological polar surface area (TPSA) is 24.5 Å². The van der Waals surface area contributed by atoms with Gasteiger partial charge in [-0.15, -0.1) is 0 Å². The molecule has 3 nitrogen and oxygen atoms in total. The van der Waals surface area contributed by atoms with Gasteiger partial charge in [-0.05, 0) is 64.7 Å². The molecule has 0 bridgehead atoms. The van der Waals surface area contributed by atoms with Crippen molar-refractivity contribution < 1.29 is 4.74 Å². The molecule has 0 amide bonds. The highest BCUT2D eigenvalue weighted by molar-refractivity contribution is 4.79. The Hall–Kier alpha value is -0.120. The van der Waals surface area contributed by atoms with E-state index in [1.807, 2.05) is 0 Å². The number of hydrogen-bond donors (Lipinski definition) is 1. The number of unbranched alkanes of at least 4 members (excludes halogenated alkanes) is 1. The van der Waals surface area contributed by atoms with Crippen LogP contribution >= 0.6 is 0 Å². The Bertz CT molecular complexity index is 179. The van der Waals surface area contributed by atoms with E-state index in [0.29, 0.717) is 6.04 Å². The van der Waals surface area contributed by atoms with E-state index in [9.17, 15) is 0 Å². The first kappa shape index (κ1) is 14.9. The number of likely N-dealkylation sites (tertiary alicyclic amines) is 1. The van der Waals surface area contributed by atoms with E-state index in [1.165, 1.54) is 45.3 Å². The van der Waals surface area contributed by atoms with Crippen LogP contribution in [0.15, 0.2) is 0 Å². The molecule has 1 saturated heterocycles. The van der Waals surface area contributed by atoms with Crippen LogP contribution in [0.2, 0.25) is 0 Å². The average Bonchev–Trinajstić information content (AvgIpc) is 2.38. The van der Waals surface area contributed by atoms with Crippen LogP contribution in [0.25, 0.3) is 0 Å². The molecule has 17 heavy (non-hydrogen) atoms. The predicted molar refractivity (Wildman–Crippen MR) is 73.4 cm³/mol. The molecule has 1 heterocycles. The summed E-state index contributed by atoms with van der Waals surface area (Å²) in [5.41, 5.74) is 0. The first-order valence-corrected chi connectivity index (χ1v) is 7.22. The molecule has 0 aromatic heterocycles. The number of nitrogens with zero attached hydrogens (tertiary/aromatic N) is 1. The summed E-state index contributed by atoms with van der Waals surface area (Å²) in [6.07, 6.45) is 5.12. The van der Waals surface area contributed by atoms with E-state index in [4.69, 9.17) is 4.74 Å². The van der Waals surface area contributed by atoms with Crippen LogP contribution in [-0.4, -0.2) is 50.8 Å². The predicted octanol–water partition coefficient (Wildman–Crippen LogP) is 2.12. The van der Waals surface area contributed by atoms with Gasteiger partial charge in [-0.2, -0.15) is 0 Å². The smallest absolute Gasteiger partial charge is 0.0462 e. The van der Waals surface area contributed by atoms with E-state index in [0.717, 1.165) is 19.1 Å². The molecule has 1 N–H and O–H groups in total. The summed E-state index contributed by atoms with van der Waals surface area (Å²) in [7, 11) is 1.78. The molecule has 1 rings (SSSR count). The number of methoxy groups -OCH3 is 1. The summed E-state index contributed by atoms with van der Waals surface area (Å²) < 4.78 is 5.06. The van der Waals surface area contributed by atoms with E-state index < -0.39 is 0 Å². The second kappa shape index (κ2) is 8.90. The third-order valence-corrected chi connectivity index (χ3v) is 4.03. The van der Waals surface area contributed by atoms with Crippen LogP contribution in [0.5, 0.6) is 0 Å². The molecule has 1 atom stereocenters. The Labute approximate surface area is 107 Å². The van der Waals surface area contributed by atoms with Gasteiger partial charge in [0.15, 0.2) is 0 Å². The monoisotopic (exact) mass is 242 g/mol.